The number of hydrogen-bond donors (Lipinski definition) is 1. The summed E-state index contributed by atoms with van der Waals surface area (Å²) in [6, 6.07) is 10.1. The van der Waals surface area contributed by atoms with Gasteiger partial charge in [0.2, 0.25) is 0 Å². The Bertz CT molecular complexity index is 436. The predicted octanol–water partition coefficient (Wildman–Crippen LogP) is 2.89. The average molecular weight is 275 g/mol. The van der Waals surface area contributed by atoms with Gasteiger partial charge in [-0.2, -0.15) is 0 Å². The Morgan fingerprint density at radius 2 is 2.15 bits per heavy atom. The molecule has 2 aliphatic rings. The van der Waals surface area contributed by atoms with Crippen molar-refractivity contribution >= 4 is 0 Å². The molecule has 4 atom stereocenters. The van der Waals surface area contributed by atoms with E-state index in [1.165, 1.54) is 6.42 Å². The number of fused-ring (bicyclic) bond motifs is 2. The SMILES string of the molecule is CCCC[C@](O)(c1ccccc1)[C@H]1O[C@@H]2CCCN1C2. The van der Waals surface area contributed by atoms with Crippen molar-refractivity contribution in [3.05, 3.63) is 35.9 Å². The topological polar surface area (TPSA) is 32.7 Å². The third-order valence-electron chi connectivity index (χ3n) is 4.66. The van der Waals surface area contributed by atoms with Gasteiger partial charge in [0.1, 0.15) is 11.8 Å². The Labute approximate surface area is 121 Å². The second-order valence-electron chi connectivity index (χ2n) is 6.14. The lowest BCUT2D eigenvalue weighted by molar-refractivity contribution is -0.149. The molecule has 2 saturated heterocycles. The van der Waals surface area contributed by atoms with Crippen LogP contribution in [0.4, 0.5) is 0 Å². The van der Waals surface area contributed by atoms with Gasteiger partial charge in [-0.15, -0.1) is 0 Å². The van der Waals surface area contributed by atoms with E-state index in [2.05, 4.69) is 11.8 Å². The minimum atomic E-state index is -0.879. The summed E-state index contributed by atoms with van der Waals surface area (Å²) in [5, 5.41) is 11.4. The summed E-state index contributed by atoms with van der Waals surface area (Å²) in [5.41, 5.74) is 0.113. The third-order valence-corrected chi connectivity index (χ3v) is 4.66. The molecule has 1 N–H and O–H groups in total. The van der Waals surface area contributed by atoms with E-state index in [4.69, 9.17) is 4.74 Å². The van der Waals surface area contributed by atoms with Crippen molar-refractivity contribution in [3.63, 3.8) is 0 Å². The molecule has 1 aromatic rings. The number of benzene rings is 1. The molecule has 20 heavy (non-hydrogen) atoms. The molecule has 1 unspecified atom stereocenters. The molecule has 0 aliphatic carbocycles. The standard InChI is InChI=1S/C17H25NO2/c1-2-3-11-17(19,14-8-5-4-6-9-14)16-18-12-7-10-15(13-18)20-16/h4-6,8-9,15-16,19H,2-3,7,10-13H2,1H3/t15-,16-,17+/m1/s1. The van der Waals surface area contributed by atoms with Crippen LogP contribution in [-0.2, 0) is 10.3 Å². The van der Waals surface area contributed by atoms with Gasteiger partial charge in [0.25, 0.3) is 0 Å². The largest absolute Gasteiger partial charge is 0.381 e. The van der Waals surface area contributed by atoms with E-state index >= 15 is 0 Å². The second kappa shape index (κ2) is 5.84. The molecule has 3 heteroatoms. The molecule has 3 rings (SSSR count). The molecule has 0 saturated carbocycles. The van der Waals surface area contributed by atoms with Gasteiger partial charge in [0.05, 0.1) is 6.10 Å². The Hall–Kier alpha value is -0.900. The molecule has 0 amide bonds. The van der Waals surface area contributed by atoms with E-state index < -0.39 is 5.60 Å². The monoisotopic (exact) mass is 275 g/mol. The minimum absolute atomic E-state index is 0.177. The second-order valence-corrected chi connectivity index (χ2v) is 6.14. The molecule has 1 aromatic carbocycles. The number of piperidine rings is 1. The minimum Gasteiger partial charge on any atom is -0.381 e. The molecule has 2 aliphatic heterocycles. The first-order valence-corrected chi connectivity index (χ1v) is 7.91. The van der Waals surface area contributed by atoms with Gasteiger partial charge in [0, 0.05) is 13.1 Å². The maximum atomic E-state index is 11.4. The van der Waals surface area contributed by atoms with Gasteiger partial charge >= 0.3 is 0 Å². The van der Waals surface area contributed by atoms with Gasteiger partial charge in [0.15, 0.2) is 0 Å². The number of unbranched alkanes of at least 4 members (excludes halogenated alkanes) is 1. The Balaban J connectivity index is 1.89. The summed E-state index contributed by atoms with van der Waals surface area (Å²) in [6.45, 7) is 4.19. The van der Waals surface area contributed by atoms with Crippen LogP contribution in [0.2, 0.25) is 0 Å². The van der Waals surface area contributed by atoms with Crippen LogP contribution in [0.5, 0.6) is 0 Å². The number of ether oxygens (including phenoxy) is 1. The van der Waals surface area contributed by atoms with E-state index in [1.807, 2.05) is 30.3 Å². The molecular formula is C17H25NO2. The van der Waals surface area contributed by atoms with Gasteiger partial charge < -0.3 is 9.84 Å². The van der Waals surface area contributed by atoms with Crippen molar-refractivity contribution in [1.82, 2.24) is 4.90 Å². The van der Waals surface area contributed by atoms with Crippen molar-refractivity contribution in [2.45, 2.75) is 57.0 Å². The van der Waals surface area contributed by atoms with Crippen LogP contribution in [0.1, 0.15) is 44.6 Å². The molecule has 2 bridgehead atoms. The molecule has 2 heterocycles. The molecule has 0 aromatic heterocycles. The van der Waals surface area contributed by atoms with E-state index in [1.54, 1.807) is 0 Å². The molecule has 3 nitrogen and oxygen atoms in total. The summed E-state index contributed by atoms with van der Waals surface area (Å²) < 4.78 is 6.18. The van der Waals surface area contributed by atoms with Crippen LogP contribution in [-0.4, -0.2) is 35.4 Å². The highest BCUT2D eigenvalue weighted by Gasteiger charge is 2.48. The maximum absolute atomic E-state index is 11.4. The highest BCUT2D eigenvalue weighted by atomic mass is 16.5. The van der Waals surface area contributed by atoms with Gasteiger partial charge in [-0.3, -0.25) is 4.90 Å². The zero-order chi connectivity index (χ0) is 14.0. The molecule has 0 spiro atoms. The molecular weight excluding hydrogens is 250 g/mol. The first-order chi connectivity index (χ1) is 9.74. The Morgan fingerprint density at radius 1 is 1.35 bits per heavy atom. The van der Waals surface area contributed by atoms with Crippen LogP contribution >= 0.6 is 0 Å². The van der Waals surface area contributed by atoms with E-state index in [0.29, 0.717) is 6.10 Å². The zero-order valence-electron chi connectivity index (χ0n) is 12.3. The number of nitrogens with zero attached hydrogens (tertiary/aromatic N) is 1. The summed E-state index contributed by atoms with van der Waals surface area (Å²) in [4.78, 5) is 2.33. The number of rotatable bonds is 5. The summed E-state index contributed by atoms with van der Waals surface area (Å²) >= 11 is 0. The van der Waals surface area contributed by atoms with Crippen LogP contribution < -0.4 is 0 Å². The van der Waals surface area contributed by atoms with Crippen molar-refractivity contribution in [3.8, 4) is 0 Å². The Kier molecular flexibility index (Phi) is 4.11. The zero-order valence-corrected chi connectivity index (χ0v) is 12.3. The third kappa shape index (κ3) is 2.50. The van der Waals surface area contributed by atoms with Crippen LogP contribution in [0.15, 0.2) is 30.3 Å². The predicted molar refractivity (Wildman–Crippen MR) is 79.3 cm³/mol. The summed E-state index contributed by atoms with van der Waals surface area (Å²) in [7, 11) is 0. The lowest BCUT2D eigenvalue weighted by Crippen LogP contribution is -2.48. The van der Waals surface area contributed by atoms with Crippen LogP contribution in [0.25, 0.3) is 0 Å². The fraction of sp³-hybridized carbons (Fsp3) is 0.647. The average Bonchev–Trinajstić information content (AvgIpc) is 2.80. The van der Waals surface area contributed by atoms with Gasteiger partial charge in [-0.1, -0.05) is 50.1 Å². The van der Waals surface area contributed by atoms with Crippen LogP contribution in [0.3, 0.4) is 0 Å². The first-order valence-electron chi connectivity index (χ1n) is 7.91. The van der Waals surface area contributed by atoms with E-state index in [9.17, 15) is 5.11 Å². The van der Waals surface area contributed by atoms with Gasteiger partial charge in [-0.25, -0.2) is 0 Å². The van der Waals surface area contributed by atoms with E-state index in [-0.39, 0.29) is 6.23 Å². The van der Waals surface area contributed by atoms with E-state index in [0.717, 1.165) is 44.3 Å². The number of hydrogen-bond acceptors (Lipinski definition) is 3. The molecule has 110 valence electrons. The summed E-state index contributed by atoms with van der Waals surface area (Å²) in [5.74, 6) is 0. The summed E-state index contributed by atoms with van der Waals surface area (Å²) in [6.07, 6.45) is 5.32. The lowest BCUT2D eigenvalue weighted by Gasteiger charge is -2.38. The van der Waals surface area contributed by atoms with Crippen molar-refractivity contribution in [2.75, 3.05) is 13.1 Å². The van der Waals surface area contributed by atoms with Crippen molar-refractivity contribution in [1.29, 1.82) is 0 Å². The van der Waals surface area contributed by atoms with Crippen molar-refractivity contribution < 1.29 is 9.84 Å². The highest BCUT2D eigenvalue weighted by molar-refractivity contribution is 5.24. The smallest absolute Gasteiger partial charge is 0.144 e. The van der Waals surface area contributed by atoms with Gasteiger partial charge in [-0.05, 0) is 24.8 Å². The quantitative estimate of drug-likeness (QED) is 0.897. The normalized spacial score (nSPS) is 32.0. The first kappa shape index (κ1) is 14.1. The molecule has 2 fully saturated rings. The van der Waals surface area contributed by atoms with Crippen LogP contribution in [0, 0.1) is 0 Å². The fourth-order valence-electron chi connectivity index (χ4n) is 3.56. The number of aliphatic hydroxyl groups is 1. The fourth-order valence-corrected chi connectivity index (χ4v) is 3.56. The molecule has 0 radical (unpaired) electrons. The van der Waals surface area contributed by atoms with Crippen molar-refractivity contribution in [2.24, 2.45) is 0 Å². The lowest BCUT2D eigenvalue weighted by atomic mass is 9.86. The Morgan fingerprint density at radius 3 is 2.85 bits per heavy atom. The highest BCUT2D eigenvalue weighted by Crippen LogP contribution is 2.40. The maximum Gasteiger partial charge on any atom is 0.144 e.